The van der Waals surface area contributed by atoms with Crippen LogP contribution in [0.1, 0.15) is 22.6 Å². The van der Waals surface area contributed by atoms with Gasteiger partial charge in [-0.05, 0) is 48.7 Å². The van der Waals surface area contributed by atoms with Gasteiger partial charge >= 0.3 is 0 Å². The monoisotopic (exact) mass is 394 g/mol. The molecule has 148 valence electrons. The Hall–Kier alpha value is -3.35. The first-order valence-electron chi connectivity index (χ1n) is 9.49. The van der Waals surface area contributed by atoms with Crippen LogP contribution in [0.2, 0.25) is 0 Å². The molecular formula is C22H19FN2O4. The zero-order valence-corrected chi connectivity index (χ0v) is 15.9. The molecule has 0 N–H and O–H groups in total. The third-order valence-corrected chi connectivity index (χ3v) is 5.38. The van der Waals surface area contributed by atoms with E-state index in [0.29, 0.717) is 24.5 Å². The van der Waals surface area contributed by atoms with Gasteiger partial charge in [0, 0.05) is 13.1 Å². The lowest BCUT2D eigenvalue weighted by Gasteiger charge is -2.29. The summed E-state index contributed by atoms with van der Waals surface area (Å²) in [6, 6.07) is 10.3. The number of fused-ring (bicyclic) bond motifs is 2. The molecule has 3 aromatic rings. The van der Waals surface area contributed by atoms with E-state index in [1.165, 1.54) is 11.6 Å². The van der Waals surface area contributed by atoms with E-state index in [1.54, 1.807) is 30.0 Å². The summed E-state index contributed by atoms with van der Waals surface area (Å²) in [4.78, 5) is 19.1. The van der Waals surface area contributed by atoms with Crippen LogP contribution in [0.15, 0.2) is 40.8 Å². The minimum absolute atomic E-state index is 0.0372. The highest BCUT2D eigenvalue weighted by Gasteiger charge is 2.26. The molecule has 2 aliphatic rings. The number of aryl methyl sites for hydroxylation is 1. The number of nitrogens with zero attached hydrogens (tertiary/aromatic N) is 2. The molecule has 1 aromatic heterocycles. The largest absolute Gasteiger partial charge is 0.454 e. The molecule has 3 heterocycles. The molecule has 5 rings (SSSR count). The Balaban J connectivity index is 1.33. The SMILES string of the molecule is Cc1oc(-c2ccccc2F)nc1CC(=O)N1CCc2cc3c(cc2C1)OCO3. The quantitative estimate of drug-likeness (QED) is 0.679. The number of carbonyl (C=O) groups is 1. The predicted molar refractivity (Wildman–Crippen MR) is 102 cm³/mol. The van der Waals surface area contributed by atoms with Gasteiger partial charge in [0.1, 0.15) is 11.6 Å². The number of rotatable bonds is 3. The maximum Gasteiger partial charge on any atom is 0.231 e. The highest BCUT2D eigenvalue weighted by Crippen LogP contribution is 2.37. The first-order valence-corrected chi connectivity index (χ1v) is 9.49. The molecule has 6 nitrogen and oxygen atoms in total. The van der Waals surface area contributed by atoms with Gasteiger partial charge in [0.15, 0.2) is 11.5 Å². The molecule has 7 heteroatoms. The third kappa shape index (κ3) is 3.22. The lowest BCUT2D eigenvalue weighted by atomic mass is 9.98. The average molecular weight is 394 g/mol. The Labute approximate surface area is 166 Å². The number of aromatic nitrogens is 1. The van der Waals surface area contributed by atoms with E-state index in [2.05, 4.69) is 4.98 Å². The zero-order valence-electron chi connectivity index (χ0n) is 15.9. The van der Waals surface area contributed by atoms with Crippen molar-refractivity contribution in [2.24, 2.45) is 0 Å². The van der Waals surface area contributed by atoms with E-state index in [0.717, 1.165) is 23.5 Å². The first-order chi connectivity index (χ1) is 14.1. The lowest BCUT2D eigenvalue weighted by molar-refractivity contribution is -0.131. The van der Waals surface area contributed by atoms with E-state index in [-0.39, 0.29) is 30.6 Å². The van der Waals surface area contributed by atoms with Crippen LogP contribution in [0.25, 0.3) is 11.5 Å². The van der Waals surface area contributed by atoms with Gasteiger partial charge < -0.3 is 18.8 Å². The number of halogens is 1. The second kappa shape index (κ2) is 6.92. The molecule has 0 spiro atoms. The van der Waals surface area contributed by atoms with Gasteiger partial charge in [-0.3, -0.25) is 4.79 Å². The fraction of sp³-hybridized carbons (Fsp3) is 0.273. The third-order valence-electron chi connectivity index (χ3n) is 5.38. The summed E-state index contributed by atoms with van der Waals surface area (Å²) in [5.41, 5.74) is 3.07. The van der Waals surface area contributed by atoms with Crippen LogP contribution in [0, 0.1) is 12.7 Å². The highest BCUT2D eigenvalue weighted by atomic mass is 19.1. The van der Waals surface area contributed by atoms with E-state index >= 15 is 0 Å². The number of amides is 1. The summed E-state index contributed by atoms with van der Waals surface area (Å²) >= 11 is 0. The Kier molecular flexibility index (Phi) is 4.23. The van der Waals surface area contributed by atoms with Crippen molar-refractivity contribution in [1.29, 1.82) is 0 Å². The normalized spacial score (nSPS) is 14.8. The van der Waals surface area contributed by atoms with Gasteiger partial charge in [-0.2, -0.15) is 0 Å². The summed E-state index contributed by atoms with van der Waals surface area (Å²) in [5, 5.41) is 0. The van der Waals surface area contributed by atoms with Crippen molar-refractivity contribution < 1.29 is 23.1 Å². The summed E-state index contributed by atoms with van der Waals surface area (Å²) in [5.74, 6) is 1.77. The second-order valence-corrected chi connectivity index (χ2v) is 7.22. The average Bonchev–Trinajstić information content (AvgIpc) is 3.32. The molecule has 0 saturated heterocycles. The maximum atomic E-state index is 14.0. The number of hydrogen-bond acceptors (Lipinski definition) is 5. The summed E-state index contributed by atoms with van der Waals surface area (Å²) < 4.78 is 30.5. The smallest absolute Gasteiger partial charge is 0.231 e. The standard InChI is InChI=1S/C22H19FN2O4/c1-13-18(24-22(29-13)16-4-2-3-5-17(16)23)10-21(26)25-7-6-14-8-19-20(28-12-27-19)9-15(14)11-25/h2-5,8-9H,6-7,10-12H2,1H3. The summed E-state index contributed by atoms with van der Waals surface area (Å²) in [7, 11) is 0. The maximum absolute atomic E-state index is 14.0. The molecule has 0 fully saturated rings. The first kappa shape index (κ1) is 17.7. The lowest BCUT2D eigenvalue weighted by Crippen LogP contribution is -2.37. The molecule has 1 amide bonds. The van der Waals surface area contributed by atoms with Gasteiger partial charge in [-0.1, -0.05) is 12.1 Å². The van der Waals surface area contributed by atoms with Crippen LogP contribution in [0.4, 0.5) is 4.39 Å². The van der Waals surface area contributed by atoms with Gasteiger partial charge in [0.05, 0.1) is 17.7 Å². The van der Waals surface area contributed by atoms with E-state index in [4.69, 9.17) is 13.9 Å². The Morgan fingerprint density at radius 3 is 2.72 bits per heavy atom. The van der Waals surface area contributed by atoms with Crippen LogP contribution in [0.5, 0.6) is 11.5 Å². The van der Waals surface area contributed by atoms with Crippen molar-refractivity contribution in [2.45, 2.75) is 26.3 Å². The van der Waals surface area contributed by atoms with Gasteiger partial charge in [-0.15, -0.1) is 0 Å². The Morgan fingerprint density at radius 2 is 1.93 bits per heavy atom. The highest BCUT2D eigenvalue weighted by molar-refractivity contribution is 5.79. The van der Waals surface area contributed by atoms with Gasteiger partial charge in [0.2, 0.25) is 18.6 Å². The summed E-state index contributed by atoms with van der Waals surface area (Å²) in [6.45, 7) is 3.12. The van der Waals surface area contributed by atoms with E-state index in [9.17, 15) is 9.18 Å². The summed E-state index contributed by atoms with van der Waals surface area (Å²) in [6.07, 6.45) is 0.875. The molecule has 2 aliphatic heterocycles. The van der Waals surface area contributed by atoms with Crippen molar-refractivity contribution in [3.8, 4) is 23.0 Å². The van der Waals surface area contributed by atoms with Crippen molar-refractivity contribution >= 4 is 5.91 Å². The molecule has 0 radical (unpaired) electrons. The van der Waals surface area contributed by atoms with E-state index < -0.39 is 5.82 Å². The van der Waals surface area contributed by atoms with Crippen molar-refractivity contribution in [1.82, 2.24) is 9.88 Å². The molecule has 2 aromatic carbocycles. The Bertz CT molecular complexity index is 1110. The number of benzene rings is 2. The fourth-order valence-electron chi connectivity index (χ4n) is 3.76. The molecule has 0 unspecified atom stereocenters. The molecule has 0 atom stereocenters. The number of carbonyl (C=O) groups excluding carboxylic acids is 1. The van der Waals surface area contributed by atoms with Crippen LogP contribution < -0.4 is 9.47 Å². The van der Waals surface area contributed by atoms with Crippen molar-refractivity contribution in [3.63, 3.8) is 0 Å². The molecule has 29 heavy (non-hydrogen) atoms. The minimum atomic E-state index is -0.405. The van der Waals surface area contributed by atoms with Crippen molar-refractivity contribution in [3.05, 3.63) is 64.8 Å². The fourth-order valence-corrected chi connectivity index (χ4v) is 3.76. The molecule has 0 bridgehead atoms. The number of ether oxygens (including phenoxy) is 2. The van der Waals surface area contributed by atoms with Crippen LogP contribution >= 0.6 is 0 Å². The van der Waals surface area contributed by atoms with E-state index in [1.807, 2.05) is 12.1 Å². The molecule has 0 saturated carbocycles. The topological polar surface area (TPSA) is 64.8 Å². The minimum Gasteiger partial charge on any atom is -0.454 e. The Morgan fingerprint density at radius 1 is 1.17 bits per heavy atom. The number of oxazole rings is 1. The van der Waals surface area contributed by atoms with Crippen LogP contribution in [-0.4, -0.2) is 29.1 Å². The second-order valence-electron chi connectivity index (χ2n) is 7.22. The van der Waals surface area contributed by atoms with Gasteiger partial charge in [0.25, 0.3) is 0 Å². The van der Waals surface area contributed by atoms with Crippen LogP contribution in [0.3, 0.4) is 0 Å². The van der Waals surface area contributed by atoms with Crippen LogP contribution in [-0.2, 0) is 24.2 Å². The molecule has 0 aliphatic carbocycles. The predicted octanol–water partition coefficient (Wildman–Crippen LogP) is 3.65. The number of hydrogen-bond donors (Lipinski definition) is 0. The molecular weight excluding hydrogens is 375 g/mol. The van der Waals surface area contributed by atoms with Crippen molar-refractivity contribution in [2.75, 3.05) is 13.3 Å². The van der Waals surface area contributed by atoms with Gasteiger partial charge in [-0.25, -0.2) is 9.37 Å². The zero-order chi connectivity index (χ0) is 20.0.